The van der Waals surface area contributed by atoms with Crippen LogP contribution in [0.25, 0.3) is 0 Å². The third kappa shape index (κ3) is 3.62. The maximum Gasteiger partial charge on any atom is 0.275 e. The smallest absolute Gasteiger partial charge is 0.275 e. The summed E-state index contributed by atoms with van der Waals surface area (Å²) in [5, 5.41) is 14.9. The molecule has 1 aliphatic carbocycles. The molecule has 1 aliphatic rings. The van der Waals surface area contributed by atoms with Crippen molar-refractivity contribution >= 4 is 17.3 Å². The summed E-state index contributed by atoms with van der Waals surface area (Å²) < 4.78 is 1.96. The van der Waals surface area contributed by atoms with Gasteiger partial charge in [0.15, 0.2) is 0 Å². The van der Waals surface area contributed by atoms with Crippen molar-refractivity contribution in [3.63, 3.8) is 0 Å². The summed E-state index contributed by atoms with van der Waals surface area (Å²) >= 11 is 5.83. The molecule has 6 heteroatoms. The molecular weight excluding hydrogens is 290 g/mol. The van der Waals surface area contributed by atoms with Crippen molar-refractivity contribution in [1.29, 1.82) is 0 Å². The summed E-state index contributed by atoms with van der Waals surface area (Å²) in [7, 11) is 0. The number of hydrogen-bond donors (Lipinski definition) is 1. The van der Waals surface area contributed by atoms with E-state index in [2.05, 4.69) is 5.32 Å². The summed E-state index contributed by atoms with van der Waals surface area (Å²) in [6.07, 6.45) is 6.49. The number of aromatic nitrogens is 1. The quantitative estimate of drug-likeness (QED) is 0.657. The minimum Gasteiger partial charge on any atom is -0.349 e. The molecular formula is C15H16ClN3O2. The highest BCUT2D eigenvalue weighted by Crippen LogP contribution is 2.24. The van der Waals surface area contributed by atoms with Gasteiger partial charge in [0.25, 0.3) is 5.69 Å². The Kier molecular flexibility index (Phi) is 3.94. The van der Waals surface area contributed by atoms with Crippen LogP contribution in [0.3, 0.4) is 0 Å². The standard InChI is InChI=1S/C15H16ClN3O2/c16-13-2-1-12(15(7-13)19(20)21)10-18-6-5-11(9-18)8-17-14-3-4-14/h1-2,5-7,9,14,17H,3-4,8,10H2. The van der Waals surface area contributed by atoms with Gasteiger partial charge >= 0.3 is 0 Å². The number of nitrogens with one attached hydrogen (secondary N) is 1. The normalized spacial score (nSPS) is 14.3. The van der Waals surface area contributed by atoms with Gasteiger partial charge < -0.3 is 9.88 Å². The Morgan fingerprint density at radius 2 is 2.19 bits per heavy atom. The number of hydrogen-bond acceptors (Lipinski definition) is 3. The molecule has 0 bridgehead atoms. The van der Waals surface area contributed by atoms with Crippen LogP contribution in [0.2, 0.25) is 5.02 Å². The summed E-state index contributed by atoms with van der Waals surface area (Å²) in [4.78, 5) is 10.7. The van der Waals surface area contributed by atoms with E-state index in [0.717, 1.165) is 6.54 Å². The highest BCUT2D eigenvalue weighted by Gasteiger charge is 2.20. The fourth-order valence-corrected chi connectivity index (χ4v) is 2.45. The second-order valence-electron chi connectivity index (χ2n) is 5.38. The third-order valence-electron chi connectivity index (χ3n) is 3.58. The second kappa shape index (κ2) is 5.87. The molecule has 0 radical (unpaired) electrons. The number of nitro groups is 1. The molecule has 3 rings (SSSR count). The molecule has 0 amide bonds. The largest absolute Gasteiger partial charge is 0.349 e. The van der Waals surface area contributed by atoms with Gasteiger partial charge in [-0.05, 0) is 36.6 Å². The van der Waals surface area contributed by atoms with E-state index in [4.69, 9.17) is 11.6 Å². The van der Waals surface area contributed by atoms with E-state index in [1.165, 1.54) is 24.5 Å². The van der Waals surface area contributed by atoms with E-state index in [0.29, 0.717) is 23.2 Å². The lowest BCUT2D eigenvalue weighted by Crippen LogP contribution is -2.14. The first kappa shape index (κ1) is 14.1. The van der Waals surface area contributed by atoms with E-state index in [1.54, 1.807) is 12.1 Å². The zero-order valence-electron chi connectivity index (χ0n) is 11.5. The van der Waals surface area contributed by atoms with Gasteiger partial charge in [-0.2, -0.15) is 0 Å². The fourth-order valence-electron chi connectivity index (χ4n) is 2.28. The molecule has 110 valence electrons. The lowest BCUT2D eigenvalue weighted by Gasteiger charge is -2.05. The maximum absolute atomic E-state index is 11.1. The van der Waals surface area contributed by atoms with Gasteiger partial charge in [-0.1, -0.05) is 11.6 Å². The highest BCUT2D eigenvalue weighted by atomic mass is 35.5. The predicted octanol–water partition coefficient (Wildman–Crippen LogP) is 3.35. The number of benzene rings is 1. The zero-order chi connectivity index (χ0) is 14.8. The van der Waals surface area contributed by atoms with Crippen LogP contribution >= 0.6 is 11.6 Å². The molecule has 1 heterocycles. The van der Waals surface area contributed by atoms with Gasteiger partial charge in [0, 0.05) is 41.6 Å². The fraction of sp³-hybridized carbons (Fsp3) is 0.333. The molecule has 5 nitrogen and oxygen atoms in total. The Morgan fingerprint density at radius 1 is 1.38 bits per heavy atom. The van der Waals surface area contributed by atoms with Gasteiger partial charge in [-0.15, -0.1) is 0 Å². The molecule has 1 aromatic carbocycles. The number of nitrogens with zero attached hydrogens (tertiary/aromatic N) is 2. The van der Waals surface area contributed by atoms with Gasteiger partial charge in [0.2, 0.25) is 0 Å². The Balaban J connectivity index is 1.72. The maximum atomic E-state index is 11.1. The molecule has 0 atom stereocenters. The van der Waals surface area contributed by atoms with Crippen LogP contribution in [0.15, 0.2) is 36.7 Å². The summed E-state index contributed by atoms with van der Waals surface area (Å²) in [5.74, 6) is 0. The molecule has 1 aromatic heterocycles. The Bertz CT molecular complexity index is 665. The number of halogens is 1. The van der Waals surface area contributed by atoms with Crippen LogP contribution in [0.1, 0.15) is 24.0 Å². The van der Waals surface area contributed by atoms with E-state index in [1.807, 2.05) is 23.0 Å². The van der Waals surface area contributed by atoms with Crippen molar-refractivity contribution in [2.45, 2.75) is 32.0 Å². The van der Waals surface area contributed by atoms with E-state index in [9.17, 15) is 10.1 Å². The molecule has 21 heavy (non-hydrogen) atoms. The SMILES string of the molecule is O=[N+]([O-])c1cc(Cl)ccc1Cn1ccc(CNC2CC2)c1. The predicted molar refractivity (Wildman–Crippen MR) is 81.5 cm³/mol. The lowest BCUT2D eigenvalue weighted by molar-refractivity contribution is -0.385. The minimum absolute atomic E-state index is 0.0638. The van der Waals surface area contributed by atoms with Crippen molar-refractivity contribution in [3.8, 4) is 0 Å². The second-order valence-corrected chi connectivity index (χ2v) is 5.81. The van der Waals surface area contributed by atoms with Crippen molar-refractivity contribution in [1.82, 2.24) is 9.88 Å². The van der Waals surface area contributed by atoms with Crippen LogP contribution < -0.4 is 5.32 Å². The molecule has 0 spiro atoms. The first-order valence-corrected chi connectivity index (χ1v) is 7.30. The van der Waals surface area contributed by atoms with E-state index >= 15 is 0 Å². The first-order valence-electron chi connectivity index (χ1n) is 6.92. The van der Waals surface area contributed by atoms with Crippen LogP contribution in [-0.4, -0.2) is 15.5 Å². The number of nitro benzene ring substituents is 1. The van der Waals surface area contributed by atoms with Crippen molar-refractivity contribution < 1.29 is 4.92 Å². The average Bonchev–Trinajstić information content (AvgIpc) is 3.18. The summed E-state index contributed by atoms with van der Waals surface area (Å²) in [6, 6.07) is 7.50. The monoisotopic (exact) mass is 305 g/mol. The Hall–Kier alpha value is -1.85. The van der Waals surface area contributed by atoms with Gasteiger partial charge in [0.1, 0.15) is 0 Å². The van der Waals surface area contributed by atoms with Crippen LogP contribution in [0.5, 0.6) is 0 Å². The van der Waals surface area contributed by atoms with Crippen LogP contribution in [-0.2, 0) is 13.1 Å². The van der Waals surface area contributed by atoms with Crippen LogP contribution in [0, 0.1) is 10.1 Å². The average molecular weight is 306 g/mol. The molecule has 1 fully saturated rings. The highest BCUT2D eigenvalue weighted by molar-refractivity contribution is 6.30. The topological polar surface area (TPSA) is 60.1 Å². The molecule has 0 saturated heterocycles. The first-order chi connectivity index (χ1) is 10.1. The minimum atomic E-state index is -0.389. The Labute approximate surface area is 127 Å². The van der Waals surface area contributed by atoms with E-state index < -0.39 is 0 Å². The van der Waals surface area contributed by atoms with Crippen molar-refractivity contribution in [3.05, 3.63) is 62.9 Å². The van der Waals surface area contributed by atoms with Gasteiger partial charge in [-0.25, -0.2) is 0 Å². The molecule has 1 saturated carbocycles. The molecule has 0 aliphatic heterocycles. The molecule has 1 N–H and O–H groups in total. The number of rotatable bonds is 6. The van der Waals surface area contributed by atoms with Crippen LogP contribution in [0.4, 0.5) is 5.69 Å². The summed E-state index contributed by atoms with van der Waals surface area (Å²) in [6.45, 7) is 1.32. The Morgan fingerprint density at radius 3 is 2.90 bits per heavy atom. The van der Waals surface area contributed by atoms with E-state index in [-0.39, 0.29) is 10.6 Å². The zero-order valence-corrected chi connectivity index (χ0v) is 12.2. The van der Waals surface area contributed by atoms with Crippen molar-refractivity contribution in [2.24, 2.45) is 0 Å². The summed E-state index contributed by atoms with van der Waals surface area (Å²) in [5.41, 5.74) is 1.91. The van der Waals surface area contributed by atoms with Crippen molar-refractivity contribution in [2.75, 3.05) is 0 Å². The lowest BCUT2D eigenvalue weighted by atomic mass is 10.2. The third-order valence-corrected chi connectivity index (χ3v) is 3.82. The molecule has 2 aromatic rings. The van der Waals surface area contributed by atoms with Gasteiger partial charge in [-0.3, -0.25) is 10.1 Å². The molecule has 0 unspecified atom stereocenters. The van der Waals surface area contributed by atoms with Gasteiger partial charge in [0.05, 0.1) is 11.5 Å².